The van der Waals surface area contributed by atoms with Crippen molar-refractivity contribution < 1.29 is 9.59 Å². The molecule has 142 valence electrons. The number of amides is 2. The summed E-state index contributed by atoms with van der Waals surface area (Å²) in [5, 5.41) is 7.75. The summed E-state index contributed by atoms with van der Waals surface area (Å²) in [5.41, 5.74) is 0. The van der Waals surface area contributed by atoms with Crippen molar-refractivity contribution in [1.29, 1.82) is 0 Å². The Bertz CT molecular complexity index is 624. The number of rotatable bonds is 5. The fourth-order valence-electron chi connectivity index (χ4n) is 4.55. The molecule has 1 aromatic rings. The molecule has 0 radical (unpaired) electrons. The number of fused-ring (bicyclic) bond motifs is 2. The lowest BCUT2D eigenvalue weighted by Crippen LogP contribution is -2.47. The Labute approximate surface area is 154 Å². The molecule has 7 nitrogen and oxygen atoms in total. The van der Waals surface area contributed by atoms with Crippen LogP contribution in [0.3, 0.4) is 0 Å². The van der Waals surface area contributed by atoms with E-state index in [1.54, 1.807) is 4.90 Å². The average Bonchev–Trinajstić information content (AvgIpc) is 3.28. The Morgan fingerprint density at radius 2 is 2.00 bits per heavy atom. The predicted molar refractivity (Wildman–Crippen MR) is 97.3 cm³/mol. The Morgan fingerprint density at radius 1 is 1.19 bits per heavy atom. The quantitative estimate of drug-likeness (QED) is 0.847. The van der Waals surface area contributed by atoms with E-state index in [-0.39, 0.29) is 18.4 Å². The summed E-state index contributed by atoms with van der Waals surface area (Å²) in [6, 6.07) is 2.64. The zero-order chi connectivity index (χ0) is 17.9. The van der Waals surface area contributed by atoms with Gasteiger partial charge < -0.3 is 15.1 Å². The maximum atomic E-state index is 12.7. The van der Waals surface area contributed by atoms with Gasteiger partial charge in [-0.25, -0.2) is 0 Å². The van der Waals surface area contributed by atoms with Crippen LogP contribution in [0.1, 0.15) is 38.5 Å². The molecule has 4 heterocycles. The fourth-order valence-corrected chi connectivity index (χ4v) is 4.55. The van der Waals surface area contributed by atoms with Crippen molar-refractivity contribution in [3.8, 4) is 0 Å². The molecule has 3 aliphatic heterocycles. The molecule has 0 aliphatic carbocycles. The first kappa shape index (κ1) is 17.5. The number of aromatic nitrogens is 2. The standard InChI is InChI=1S/C19H29N5O2/c25-18-12-16-2-3-17(21-16)13-23(18)14-19(26)22-9-4-15(5-10-22)6-11-24-8-1-7-20-24/h1,7-8,15-17,21H,2-6,9-14H2. The zero-order valence-electron chi connectivity index (χ0n) is 15.3. The number of nitrogens with zero attached hydrogens (tertiary/aromatic N) is 4. The Balaban J connectivity index is 1.22. The van der Waals surface area contributed by atoms with Gasteiger partial charge in [-0.3, -0.25) is 14.3 Å². The molecule has 3 fully saturated rings. The molecule has 0 spiro atoms. The van der Waals surface area contributed by atoms with Crippen LogP contribution in [0, 0.1) is 5.92 Å². The van der Waals surface area contributed by atoms with Gasteiger partial charge in [0.15, 0.2) is 0 Å². The normalized spacial score (nSPS) is 27.0. The molecule has 7 heteroatoms. The highest BCUT2D eigenvalue weighted by Gasteiger charge is 2.35. The highest BCUT2D eigenvalue weighted by molar-refractivity contribution is 5.85. The van der Waals surface area contributed by atoms with Gasteiger partial charge in [0.25, 0.3) is 0 Å². The first-order valence-corrected chi connectivity index (χ1v) is 9.96. The van der Waals surface area contributed by atoms with E-state index in [1.165, 1.54) is 0 Å². The third-order valence-electron chi connectivity index (χ3n) is 6.17. The maximum absolute atomic E-state index is 12.7. The van der Waals surface area contributed by atoms with Gasteiger partial charge in [0.05, 0.1) is 6.54 Å². The van der Waals surface area contributed by atoms with E-state index in [0.29, 0.717) is 31.0 Å². The number of carbonyl (C=O) groups is 2. The SMILES string of the molecule is O=C(CN1CC2CCC(CC1=O)N2)N1CCC(CCn2cccn2)CC1. The minimum Gasteiger partial charge on any atom is -0.341 e. The number of hydrogen-bond acceptors (Lipinski definition) is 4. The lowest BCUT2D eigenvalue weighted by atomic mass is 9.93. The summed E-state index contributed by atoms with van der Waals surface area (Å²) in [7, 11) is 0. The molecular formula is C19H29N5O2. The van der Waals surface area contributed by atoms with Crippen LogP contribution in [0.5, 0.6) is 0 Å². The molecule has 2 bridgehead atoms. The summed E-state index contributed by atoms with van der Waals surface area (Å²) in [6.45, 7) is 3.51. The Morgan fingerprint density at radius 3 is 2.77 bits per heavy atom. The van der Waals surface area contributed by atoms with E-state index < -0.39 is 0 Å². The monoisotopic (exact) mass is 359 g/mol. The molecule has 2 atom stereocenters. The molecule has 26 heavy (non-hydrogen) atoms. The molecule has 3 saturated heterocycles. The van der Waals surface area contributed by atoms with Gasteiger partial charge >= 0.3 is 0 Å². The number of aryl methyl sites for hydroxylation is 1. The Hall–Kier alpha value is -1.89. The van der Waals surface area contributed by atoms with E-state index in [2.05, 4.69) is 10.4 Å². The van der Waals surface area contributed by atoms with Crippen molar-refractivity contribution in [3.05, 3.63) is 18.5 Å². The van der Waals surface area contributed by atoms with Crippen molar-refractivity contribution in [3.63, 3.8) is 0 Å². The van der Waals surface area contributed by atoms with Crippen LogP contribution in [0.25, 0.3) is 0 Å². The van der Waals surface area contributed by atoms with E-state index in [4.69, 9.17) is 0 Å². The molecule has 2 amide bonds. The summed E-state index contributed by atoms with van der Waals surface area (Å²) >= 11 is 0. The van der Waals surface area contributed by atoms with Crippen molar-refractivity contribution >= 4 is 11.8 Å². The molecule has 1 N–H and O–H groups in total. The van der Waals surface area contributed by atoms with Crippen LogP contribution < -0.4 is 5.32 Å². The van der Waals surface area contributed by atoms with Crippen molar-refractivity contribution in [2.45, 2.75) is 57.2 Å². The van der Waals surface area contributed by atoms with Crippen LogP contribution >= 0.6 is 0 Å². The minimum atomic E-state index is 0.113. The second-order valence-electron chi connectivity index (χ2n) is 8.00. The van der Waals surface area contributed by atoms with Crippen molar-refractivity contribution in [2.24, 2.45) is 5.92 Å². The third kappa shape index (κ3) is 4.09. The van der Waals surface area contributed by atoms with Gasteiger partial charge in [0, 0.05) is 57.1 Å². The van der Waals surface area contributed by atoms with Crippen molar-refractivity contribution in [2.75, 3.05) is 26.2 Å². The summed E-state index contributed by atoms with van der Waals surface area (Å²) in [4.78, 5) is 28.8. The number of hydrogen-bond donors (Lipinski definition) is 1. The van der Waals surface area contributed by atoms with E-state index in [1.807, 2.05) is 28.0 Å². The summed E-state index contributed by atoms with van der Waals surface area (Å²) < 4.78 is 1.98. The maximum Gasteiger partial charge on any atom is 0.242 e. The minimum absolute atomic E-state index is 0.113. The molecular weight excluding hydrogens is 330 g/mol. The number of nitrogens with one attached hydrogen (secondary N) is 1. The van der Waals surface area contributed by atoms with Gasteiger partial charge in [-0.2, -0.15) is 5.10 Å². The smallest absolute Gasteiger partial charge is 0.242 e. The first-order chi connectivity index (χ1) is 12.7. The molecule has 1 aromatic heterocycles. The van der Waals surface area contributed by atoms with Gasteiger partial charge in [-0.15, -0.1) is 0 Å². The highest BCUT2D eigenvalue weighted by Crippen LogP contribution is 2.23. The Kier molecular flexibility index (Phi) is 5.24. The van der Waals surface area contributed by atoms with Gasteiger partial charge in [-0.1, -0.05) is 0 Å². The molecule has 4 rings (SSSR count). The van der Waals surface area contributed by atoms with E-state index in [9.17, 15) is 9.59 Å². The lowest BCUT2D eigenvalue weighted by Gasteiger charge is -2.34. The lowest BCUT2D eigenvalue weighted by molar-refractivity contribution is -0.141. The molecule has 3 aliphatic rings. The van der Waals surface area contributed by atoms with Crippen LogP contribution in [0.2, 0.25) is 0 Å². The number of likely N-dealkylation sites (tertiary alicyclic amines) is 2. The third-order valence-corrected chi connectivity index (χ3v) is 6.17. The van der Waals surface area contributed by atoms with E-state index >= 15 is 0 Å². The van der Waals surface area contributed by atoms with Crippen LogP contribution in [-0.4, -0.2) is 69.7 Å². The first-order valence-electron chi connectivity index (χ1n) is 9.96. The van der Waals surface area contributed by atoms with Crippen LogP contribution in [0.15, 0.2) is 18.5 Å². The summed E-state index contributed by atoms with van der Waals surface area (Å²) in [5.74, 6) is 0.900. The highest BCUT2D eigenvalue weighted by atomic mass is 16.2. The zero-order valence-corrected chi connectivity index (χ0v) is 15.3. The predicted octanol–water partition coefficient (Wildman–Crippen LogP) is 0.865. The second-order valence-corrected chi connectivity index (χ2v) is 8.00. The van der Waals surface area contributed by atoms with Gasteiger partial charge in [0.1, 0.15) is 0 Å². The van der Waals surface area contributed by atoms with Gasteiger partial charge in [0.2, 0.25) is 11.8 Å². The fraction of sp³-hybridized carbons (Fsp3) is 0.737. The van der Waals surface area contributed by atoms with Crippen molar-refractivity contribution in [1.82, 2.24) is 24.9 Å². The van der Waals surface area contributed by atoms with Crippen LogP contribution in [-0.2, 0) is 16.1 Å². The van der Waals surface area contributed by atoms with E-state index in [0.717, 1.165) is 51.7 Å². The van der Waals surface area contributed by atoms with Crippen LogP contribution in [0.4, 0.5) is 0 Å². The summed E-state index contributed by atoms with van der Waals surface area (Å²) in [6.07, 6.45) is 9.77. The topological polar surface area (TPSA) is 70.5 Å². The average molecular weight is 359 g/mol. The number of piperidine rings is 1. The second kappa shape index (κ2) is 7.78. The molecule has 2 unspecified atom stereocenters. The van der Waals surface area contributed by atoms with Gasteiger partial charge in [-0.05, 0) is 44.1 Å². The number of carbonyl (C=O) groups excluding carboxylic acids is 2. The molecule has 0 aromatic carbocycles. The largest absolute Gasteiger partial charge is 0.341 e. The molecule has 0 saturated carbocycles.